The predicted molar refractivity (Wildman–Crippen MR) is 322 cm³/mol. The summed E-state index contributed by atoms with van der Waals surface area (Å²) in [6.45, 7) is 0. The van der Waals surface area contributed by atoms with Crippen LogP contribution >= 0.6 is 0 Å². The Hall–Kier alpha value is -10.5. The van der Waals surface area contributed by atoms with Crippen LogP contribution < -0.4 is 20.7 Å². The highest BCUT2D eigenvalue weighted by Gasteiger charge is 2.42. The Labute approximate surface area is 450 Å². The van der Waals surface area contributed by atoms with Crippen molar-refractivity contribution in [2.45, 2.75) is 0 Å². The van der Waals surface area contributed by atoms with Crippen LogP contribution in [0.3, 0.4) is 0 Å². The van der Waals surface area contributed by atoms with Gasteiger partial charge in [-0.15, -0.1) is 0 Å². The van der Waals surface area contributed by atoms with E-state index in [9.17, 15) is 5.26 Å². The van der Waals surface area contributed by atoms with Crippen molar-refractivity contribution in [1.82, 2.24) is 28.7 Å². The van der Waals surface area contributed by atoms with Crippen LogP contribution in [0.25, 0.3) is 106 Å². The standard InChI is InChI=1S/C70H45N7Si/c71-46-47-39-41-64-60(43-47)57-34-14-16-36-61(57)76(64)69-72-68(50-24-20-32-55(45-50)78(52-27-9-3-10-28-52,53-29-11-4-12-30-53)54-31-19-23-49(44-54)48-21-5-1-6-22-48)73-70(74-69)77-62-37-17-13-33-56(62)58-40-42-65-66(67(58)77)59-35-15-18-38-63(59)75(65)51-25-7-2-8-26-51/h1-45H. The monoisotopic (exact) mass is 1010 g/mol. The normalized spacial score (nSPS) is 11.8. The number of rotatable bonds is 9. The van der Waals surface area contributed by atoms with E-state index in [0.29, 0.717) is 23.3 Å². The van der Waals surface area contributed by atoms with Crippen molar-refractivity contribution in [3.8, 4) is 46.2 Å². The molecular weight excluding hydrogens is 967 g/mol. The summed E-state index contributed by atoms with van der Waals surface area (Å²) in [4.78, 5) is 16.9. The van der Waals surface area contributed by atoms with Crippen molar-refractivity contribution in [1.29, 1.82) is 5.26 Å². The Morgan fingerprint density at radius 3 is 1.45 bits per heavy atom. The third kappa shape index (κ3) is 6.92. The molecule has 0 unspecified atom stereocenters. The molecule has 0 fully saturated rings. The first-order valence-corrected chi connectivity index (χ1v) is 28.2. The quantitative estimate of drug-likeness (QED) is 0.107. The van der Waals surface area contributed by atoms with Crippen LogP contribution in [0.1, 0.15) is 5.56 Å². The van der Waals surface area contributed by atoms with Crippen molar-refractivity contribution >= 4 is 94.2 Å². The second-order valence-electron chi connectivity index (χ2n) is 19.9. The second-order valence-corrected chi connectivity index (χ2v) is 23.7. The molecule has 0 N–H and O–H groups in total. The first-order valence-electron chi connectivity index (χ1n) is 26.2. The van der Waals surface area contributed by atoms with E-state index >= 15 is 0 Å². The van der Waals surface area contributed by atoms with Crippen molar-refractivity contribution in [3.05, 3.63) is 279 Å². The Balaban J connectivity index is 1.05. The van der Waals surface area contributed by atoms with Gasteiger partial charge >= 0.3 is 0 Å². The van der Waals surface area contributed by atoms with Crippen LogP contribution in [0.4, 0.5) is 0 Å². The van der Waals surface area contributed by atoms with E-state index in [-0.39, 0.29) is 0 Å². The lowest BCUT2D eigenvalue weighted by molar-refractivity contribution is 0.894. The van der Waals surface area contributed by atoms with Gasteiger partial charge < -0.3 is 4.57 Å². The zero-order chi connectivity index (χ0) is 51.7. The Kier molecular flexibility index (Phi) is 10.5. The van der Waals surface area contributed by atoms with Crippen molar-refractivity contribution < 1.29 is 0 Å². The zero-order valence-electron chi connectivity index (χ0n) is 42.1. The lowest BCUT2D eigenvalue weighted by Crippen LogP contribution is -2.74. The molecule has 4 aromatic heterocycles. The van der Waals surface area contributed by atoms with Gasteiger partial charge in [-0.05, 0) is 86.5 Å². The van der Waals surface area contributed by atoms with Gasteiger partial charge in [0.25, 0.3) is 0 Å². The fraction of sp³-hybridized carbons (Fsp3) is 0. The summed E-state index contributed by atoms with van der Waals surface area (Å²) in [5.41, 5.74) is 10.9. The Bertz CT molecular complexity index is 4820. The van der Waals surface area contributed by atoms with Crippen molar-refractivity contribution in [2.24, 2.45) is 0 Å². The molecule has 15 rings (SSSR count). The van der Waals surface area contributed by atoms with E-state index in [0.717, 1.165) is 76.7 Å². The van der Waals surface area contributed by atoms with Crippen LogP contribution in [0.5, 0.6) is 0 Å². The van der Waals surface area contributed by atoms with Gasteiger partial charge in [0, 0.05) is 43.6 Å². The minimum atomic E-state index is -3.11. The van der Waals surface area contributed by atoms with Gasteiger partial charge in [-0.2, -0.15) is 20.2 Å². The topological polar surface area (TPSA) is 77.2 Å². The lowest BCUT2D eigenvalue weighted by atomic mass is 10.1. The fourth-order valence-corrected chi connectivity index (χ4v) is 17.2. The summed E-state index contributed by atoms with van der Waals surface area (Å²) in [7, 11) is -3.11. The summed E-state index contributed by atoms with van der Waals surface area (Å²) >= 11 is 0. The maximum atomic E-state index is 10.2. The van der Waals surface area contributed by atoms with Crippen LogP contribution in [-0.2, 0) is 0 Å². The number of nitriles is 1. The average Bonchev–Trinajstić information content (AvgIpc) is 4.20. The highest BCUT2D eigenvalue weighted by Crippen LogP contribution is 2.42. The number of nitrogens with zero attached hydrogens (tertiary/aromatic N) is 7. The van der Waals surface area contributed by atoms with E-state index in [1.807, 2.05) is 30.3 Å². The molecule has 0 atom stereocenters. The van der Waals surface area contributed by atoms with Crippen LogP contribution in [-0.4, -0.2) is 36.7 Å². The molecule has 0 aliphatic rings. The third-order valence-corrected chi connectivity index (χ3v) is 20.4. The summed E-state index contributed by atoms with van der Waals surface area (Å²) < 4.78 is 6.76. The summed E-state index contributed by atoms with van der Waals surface area (Å²) in [5.74, 6) is 1.48. The molecule has 11 aromatic carbocycles. The molecule has 0 aliphatic carbocycles. The summed E-state index contributed by atoms with van der Waals surface area (Å²) in [6.07, 6.45) is 0. The van der Waals surface area contributed by atoms with E-state index in [1.165, 1.54) is 31.9 Å². The molecule has 364 valence electrons. The highest BCUT2D eigenvalue weighted by molar-refractivity contribution is 7.20. The average molecular weight is 1010 g/mol. The van der Waals surface area contributed by atoms with Gasteiger partial charge in [0.1, 0.15) is 0 Å². The van der Waals surface area contributed by atoms with Gasteiger partial charge in [0.15, 0.2) is 13.9 Å². The first kappa shape index (κ1) is 45.0. The number of para-hydroxylation sites is 4. The fourth-order valence-electron chi connectivity index (χ4n) is 12.3. The molecule has 15 aromatic rings. The SMILES string of the molecule is N#Cc1ccc2c(c1)c1ccccc1n2-c1nc(-c2cccc([Si](c3ccccc3)(c3ccccc3)c3cccc(-c4ccccc4)c3)c2)nc(-n2c3ccccc3c3ccc4c(c5ccccc5n4-c4ccccc4)c32)n1. The van der Waals surface area contributed by atoms with Gasteiger partial charge in [0.05, 0.1) is 44.7 Å². The minimum absolute atomic E-state index is 0.464. The Morgan fingerprint density at radius 2 is 0.795 bits per heavy atom. The van der Waals surface area contributed by atoms with Gasteiger partial charge in [-0.1, -0.05) is 218 Å². The molecule has 4 heterocycles. The van der Waals surface area contributed by atoms with E-state index < -0.39 is 8.07 Å². The number of benzene rings is 11. The second kappa shape index (κ2) is 18.1. The van der Waals surface area contributed by atoms with Gasteiger partial charge in [-0.25, -0.2) is 0 Å². The highest BCUT2D eigenvalue weighted by atomic mass is 28.3. The molecule has 0 radical (unpaired) electrons. The molecule has 0 spiro atoms. The number of hydrogen-bond donors (Lipinski definition) is 0. The molecule has 0 saturated heterocycles. The minimum Gasteiger partial charge on any atom is -0.309 e. The molecule has 7 nitrogen and oxygen atoms in total. The van der Waals surface area contributed by atoms with E-state index in [2.05, 4.69) is 262 Å². The van der Waals surface area contributed by atoms with Gasteiger partial charge in [0.2, 0.25) is 11.9 Å². The molecule has 78 heavy (non-hydrogen) atoms. The molecule has 0 aliphatic heterocycles. The smallest absolute Gasteiger partial charge is 0.240 e. The van der Waals surface area contributed by atoms with Crippen molar-refractivity contribution in [3.63, 3.8) is 0 Å². The molecule has 0 bridgehead atoms. The van der Waals surface area contributed by atoms with Crippen LogP contribution in [0, 0.1) is 11.3 Å². The molecule has 0 saturated carbocycles. The Morgan fingerprint density at radius 1 is 0.321 bits per heavy atom. The summed E-state index contributed by atoms with van der Waals surface area (Å²) in [5, 5.41) is 21.5. The lowest BCUT2D eigenvalue weighted by Gasteiger charge is -2.35. The first-order chi connectivity index (χ1) is 38.7. The molecule has 0 amide bonds. The third-order valence-electron chi connectivity index (χ3n) is 15.7. The largest absolute Gasteiger partial charge is 0.309 e. The number of fused-ring (bicyclic) bond motifs is 10. The maximum Gasteiger partial charge on any atom is 0.240 e. The number of hydrogen-bond acceptors (Lipinski definition) is 4. The van der Waals surface area contributed by atoms with Crippen LogP contribution in [0.2, 0.25) is 0 Å². The molecular formula is C70H45N7Si. The van der Waals surface area contributed by atoms with E-state index in [1.54, 1.807) is 0 Å². The van der Waals surface area contributed by atoms with Gasteiger partial charge in [-0.3, -0.25) is 9.13 Å². The van der Waals surface area contributed by atoms with Crippen molar-refractivity contribution in [2.75, 3.05) is 0 Å². The van der Waals surface area contributed by atoms with E-state index in [4.69, 9.17) is 15.0 Å². The van der Waals surface area contributed by atoms with Crippen LogP contribution in [0.15, 0.2) is 273 Å². The zero-order valence-corrected chi connectivity index (χ0v) is 43.1. The number of aromatic nitrogens is 6. The molecule has 8 heteroatoms. The maximum absolute atomic E-state index is 10.2. The summed E-state index contributed by atoms with van der Waals surface area (Å²) in [6, 6.07) is 99.8. The predicted octanol–water partition coefficient (Wildman–Crippen LogP) is 13.7.